The number of nitrogens with two attached hydrogens (primary N) is 1. The summed E-state index contributed by atoms with van der Waals surface area (Å²) < 4.78 is 5.30. The van der Waals surface area contributed by atoms with Crippen molar-refractivity contribution in [1.82, 2.24) is 5.32 Å². The van der Waals surface area contributed by atoms with Crippen molar-refractivity contribution in [3.05, 3.63) is 32.8 Å². The van der Waals surface area contributed by atoms with Crippen LogP contribution in [0.15, 0.2) is 12.1 Å². The van der Waals surface area contributed by atoms with Gasteiger partial charge in [0.25, 0.3) is 11.6 Å². The summed E-state index contributed by atoms with van der Waals surface area (Å²) >= 11 is 5.85. The predicted octanol–water partition coefficient (Wildman–Crippen LogP) is 2.13. The van der Waals surface area contributed by atoms with E-state index in [1.165, 1.54) is 6.07 Å². The summed E-state index contributed by atoms with van der Waals surface area (Å²) in [5.74, 6) is -0.422. The molecule has 1 saturated carbocycles. The standard InChI is InChI=1S/C13H16ClN3O4/c1-21-11-4-2-3-9(11)16-13(18)7-5-8(14)12(15)10(6-7)17(19)20/h5-6,9,11H,2-4,15H2,1H3,(H,16,18). The second kappa shape index (κ2) is 6.28. The van der Waals surface area contributed by atoms with Crippen molar-refractivity contribution in [1.29, 1.82) is 0 Å². The summed E-state index contributed by atoms with van der Waals surface area (Å²) in [6.07, 6.45) is 2.62. The predicted molar refractivity (Wildman–Crippen MR) is 78.4 cm³/mol. The molecule has 0 aliphatic heterocycles. The Balaban J connectivity index is 2.21. The number of hydrogen-bond acceptors (Lipinski definition) is 5. The molecule has 0 bridgehead atoms. The number of methoxy groups -OCH3 is 1. The third-order valence-corrected chi connectivity index (χ3v) is 3.95. The number of carbonyl (C=O) groups excluding carboxylic acids is 1. The van der Waals surface area contributed by atoms with Crippen LogP contribution < -0.4 is 11.1 Å². The molecule has 114 valence electrons. The smallest absolute Gasteiger partial charge is 0.294 e. The van der Waals surface area contributed by atoms with E-state index in [4.69, 9.17) is 22.1 Å². The quantitative estimate of drug-likeness (QED) is 0.503. The number of halogens is 1. The van der Waals surface area contributed by atoms with Crippen molar-refractivity contribution in [2.75, 3.05) is 12.8 Å². The number of amides is 1. The highest BCUT2D eigenvalue weighted by atomic mass is 35.5. The lowest BCUT2D eigenvalue weighted by Crippen LogP contribution is -2.40. The van der Waals surface area contributed by atoms with Gasteiger partial charge in [-0.25, -0.2) is 0 Å². The van der Waals surface area contributed by atoms with Gasteiger partial charge in [-0.2, -0.15) is 0 Å². The van der Waals surface area contributed by atoms with Gasteiger partial charge in [0.2, 0.25) is 0 Å². The van der Waals surface area contributed by atoms with Crippen LogP contribution >= 0.6 is 11.6 Å². The molecule has 2 rings (SSSR count). The van der Waals surface area contributed by atoms with E-state index in [9.17, 15) is 14.9 Å². The molecule has 1 amide bonds. The lowest BCUT2D eigenvalue weighted by Gasteiger charge is -2.19. The van der Waals surface area contributed by atoms with E-state index in [-0.39, 0.29) is 34.1 Å². The van der Waals surface area contributed by atoms with E-state index >= 15 is 0 Å². The van der Waals surface area contributed by atoms with Crippen molar-refractivity contribution in [3.8, 4) is 0 Å². The van der Waals surface area contributed by atoms with Crippen LogP contribution in [0, 0.1) is 10.1 Å². The molecule has 0 spiro atoms. The van der Waals surface area contributed by atoms with Crippen molar-refractivity contribution in [2.24, 2.45) is 0 Å². The molecule has 1 aliphatic carbocycles. The number of hydrogen-bond donors (Lipinski definition) is 2. The van der Waals surface area contributed by atoms with E-state index in [2.05, 4.69) is 5.32 Å². The third kappa shape index (κ3) is 3.25. The Morgan fingerprint density at radius 2 is 2.24 bits per heavy atom. The normalized spacial score (nSPS) is 21.2. The molecule has 8 heteroatoms. The van der Waals surface area contributed by atoms with Crippen LogP contribution in [0.3, 0.4) is 0 Å². The van der Waals surface area contributed by atoms with Crippen molar-refractivity contribution in [3.63, 3.8) is 0 Å². The molecule has 1 aliphatic rings. The van der Waals surface area contributed by atoms with Gasteiger partial charge in [-0.3, -0.25) is 14.9 Å². The van der Waals surface area contributed by atoms with Crippen molar-refractivity contribution < 1.29 is 14.5 Å². The first kappa shape index (κ1) is 15.5. The minimum atomic E-state index is -0.661. The van der Waals surface area contributed by atoms with Gasteiger partial charge in [0.05, 0.1) is 22.1 Å². The molecule has 3 N–H and O–H groups in total. The summed E-state index contributed by atoms with van der Waals surface area (Å²) in [5.41, 5.74) is 5.13. The Hall–Kier alpha value is -1.86. The van der Waals surface area contributed by atoms with Gasteiger partial charge in [0, 0.05) is 18.7 Å². The Bertz CT molecular complexity index is 579. The highest BCUT2D eigenvalue weighted by molar-refractivity contribution is 6.34. The number of rotatable bonds is 4. The molecule has 0 heterocycles. The zero-order valence-electron chi connectivity index (χ0n) is 11.5. The number of nitro benzene ring substituents is 1. The van der Waals surface area contributed by atoms with Crippen molar-refractivity contribution in [2.45, 2.75) is 31.4 Å². The van der Waals surface area contributed by atoms with Gasteiger partial charge >= 0.3 is 0 Å². The van der Waals surface area contributed by atoms with Crippen LogP contribution in [0.25, 0.3) is 0 Å². The van der Waals surface area contributed by atoms with Gasteiger partial charge in [-0.1, -0.05) is 11.6 Å². The zero-order valence-corrected chi connectivity index (χ0v) is 12.2. The van der Waals surface area contributed by atoms with Crippen LogP contribution in [-0.2, 0) is 4.74 Å². The van der Waals surface area contributed by atoms with E-state index in [1.807, 2.05) is 0 Å². The molecule has 2 atom stereocenters. The number of ether oxygens (including phenoxy) is 1. The molecule has 1 aromatic carbocycles. The number of nitrogens with zero attached hydrogens (tertiary/aromatic N) is 1. The fraction of sp³-hybridized carbons (Fsp3) is 0.462. The van der Waals surface area contributed by atoms with Gasteiger partial charge < -0.3 is 15.8 Å². The third-order valence-electron chi connectivity index (χ3n) is 3.64. The molecule has 1 fully saturated rings. The first-order valence-electron chi connectivity index (χ1n) is 6.51. The number of nitro groups is 1. The summed E-state index contributed by atoms with van der Waals surface area (Å²) in [6.45, 7) is 0. The molecular formula is C13H16ClN3O4. The number of anilines is 1. The van der Waals surface area contributed by atoms with E-state index < -0.39 is 10.8 Å². The maximum Gasteiger partial charge on any atom is 0.294 e. The average Bonchev–Trinajstić information content (AvgIpc) is 2.88. The van der Waals surface area contributed by atoms with Gasteiger partial charge in [0.15, 0.2) is 0 Å². The molecule has 0 aromatic heterocycles. The largest absolute Gasteiger partial charge is 0.392 e. The van der Waals surface area contributed by atoms with Crippen LogP contribution in [0.5, 0.6) is 0 Å². The number of nitrogen functional groups attached to an aromatic ring is 1. The molecule has 0 radical (unpaired) electrons. The highest BCUT2D eigenvalue weighted by Crippen LogP contribution is 2.31. The van der Waals surface area contributed by atoms with Crippen molar-refractivity contribution >= 4 is 28.9 Å². The monoisotopic (exact) mass is 313 g/mol. The van der Waals surface area contributed by atoms with Crippen LogP contribution in [-0.4, -0.2) is 30.1 Å². The highest BCUT2D eigenvalue weighted by Gasteiger charge is 2.29. The Labute approximate surface area is 126 Å². The lowest BCUT2D eigenvalue weighted by molar-refractivity contribution is -0.383. The summed E-state index contributed by atoms with van der Waals surface area (Å²) in [7, 11) is 1.60. The SMILES string of the molecule is COC1CCCC1NC(=O)c1cc(Cl)c(N)c([N+](=O)[O-])c1. The number of nitrogens with one attached hydrogen (secondary N) is 1. The fourth-order valence-electron chi connectivity index (χ4n) is 2.51. The molecule has 7 nitrogen and oxygen atoms in total. The average molecular weight is 314 g/mol. The second-order valence-corrected chi connectivity index (χ2v) is 5.34. The van der Waals surface area contributed by atoms with Gasteiger partial charge in [0.1, 0.15) is 5.69 Å². The topological polar surface area (TPSA) is 107 Å². The lowest BCUT2D eigenvalue weighted by atomic mass is 10.1. The van der Waals surface area contributed by atoms with Gasteiger partial charge in [-0.05, 0) is 25.3 Å². The Morgan fingerprint density at radius 1 is 1.52 bits per heavy atom. The summed E-state index contributed by atoms with van der Waals surface area (Å²) in [4.78, 5) is 22.5. The number of benzene rings is 1. The first-order valence-corrected chi connectivity index (χ1v) is 6.89. The second-order valence-electron chi connectivity index (χ2n) is 4.93. The Kier molecular flexibility index (Phi) is 4.64. The van der Waals surface area contributed by atoms with E-state index in [0.29, 0.717) is 0 Å². The minimum Gasteiger partial charge on any atom is -0.392 e. The Morgan fingerprint density at radius 3 is 2.86 bits per heavy atom. The minimum absolute atomic E-state index is 0.0101. The van der Waals surface area contributed by atoms with Gasteiger partial charge in [-0.15, -0.1) is 0 Å². The van der Waals surface area contributed by atoms with E-state index in [1.54, 1.807) is 7.11 Å². The van der Waals surface area contributed by atoms with Crippen LogP contribution in [0.4, 0.5) is 11.4 Å². The maximum absolute atomic E-state index is 12.2. The van der Waals surface area contributed by atoms with Crippen LogP contribution in [0.1, 0.15) is 29.6 Å². The summed E-state index contributed by atoms with van der Waals surface area (Å²) in [6, 6.07) is 2.36. The molecular weight excluding hydrogens is 298 g/mol. The maximum atomic E-state index is 12.2. The summed E-state index contributed by atoms with van der Waals surface area (Å²) in [5, 5.41) is 13.7. The first-order chi connectivity index (χ1) is 9.93. The molecule has 2 unspecified atom stereocenters. The molecule has 21 heavy (non-hydrogen) atoms. The number of carbonyl (C=O) groups is 1. The molecule has 0 saturated heterocycles. The molecule has 1 aromatic rings. The zero-order chi connectivity index (χ0) is 15.6. The fourth-order valence-corrected chi connectivity index (χ4v) is 2.72. The van der Waals surface area contributed by atoms with Crippen LogP contribution in [0.2, 0.25) is 5.02 Å². The van der Waals surface area contributed by atoms with E-state index in [0.717, 1.165) is 25.3 Å².